The quantitative estimate of drug-likeness (QED) is 0.263. The van der Waals surface area contributed by atoms with Gasteiger partial charge in [-0.25, -0.2) is 17.8 Å². The molecule has 39 heavy (non-hydrogen) atoms. The fourth-order valence-corrected chi connectivity index (χ4v) is 5.45. The standard InChI is InChI=1S/C27H27ClN4O6S/c1-16-13-23(31(3)29-16)37-14-20-22(39(5,35)36)12-11-19(25(20)28)26(34)24-17(2)30-32(4)27(24)38-15-21(33)18-9-7-6-8-10-18/h6-13H,14-15H2,1-5H3. The summed E-state index contributed by atoms with van der Waals surface area (Å²) in [7, 11) is -0.422. The third-order valence-electron chi connectivity index (χ3n) is 6.00. The minimum absolute atomic E-state index is 0.0409. The van der Waals surface area contributed by atoms with Crippen molar-refractivity contribution in [1.82, 2.24) is 19.6 Å². The van der Waals surface area contributed by atoms with Gasteiger partial charge in [-0.3, -0.25) is 9.59 Å². The molecule has 0 saturated carbocycles. The fourth-order valence-electron chi connectivity index (χ4n) is 4.17. The Labute approximate surface area is 231 Å². The number of Topliss-reactive ketones (excluding diaryl/α,β-unsaturated/α-hetero) is 1. The van der Waals surface area contributed by atoms with Crippen LogP contribution < -0.4 is 9.47 Å². The second-order valence-corrected chi connectivity index (χ2v) is 11.4. The molecule has 2 aromatic heterocycles. The van der Waals surface area contributed by atoms with Crippen LogP contribution in [0.1, 0.15) is 43.2 Å². The minimum atomic E-state index is -3.71. The summed E-state index contributed by atoms with van der Waals surface area (Å²) in [4.78, 5) is 26.3. The molecule has 0 fully saturated rings. The molecule has 10 nitrogen and oxygen atoms in total. The molecule has 0 spiro atoms. The van der Waals surface area contributed by atoms with E-state index in [9.17, 15) is 18.0 Å². The van der Waals surface area contributed by atoms with E-state index >= 15 is 0 Å². The Kier molecular flexibility index (Phi) is 7.94. The fraction of sp³-hybridized carbons (Fsp3) is 0.259. The van der Waals surface area contributed by atoms with Crippen LogP contribution in [0.25, 0.3) is 0 Å². The van der Waals surface area contributed by atoms with E-state index in [0.717, 1.165) is 11.9 Å². The lowest BCUT2D eigenvalue weighted by atomic mass is 10.0. The highest BCUT2D eigenvalue weighted by atomic mass is 35.5. The number of hydrogen-bond acceptors (Lipinski definition) is 8. The predicted molar refractivity (Wildman–Crippen MR) is 144 cm³/mol. The number of benzene rings is 2. The van der Waals surface area contributed by atoms with Crippen LogP contribution in [0, 0.1) is 13.8 Å². The van der Waals surface area contributed by atoms with Gasteiger partial charge in [0.05, 0.1) is 21.3 Å². The van der Waals surface area contributed by atoms with E-state index < -0.39 is 15.6 Å². The number of halogens is 1. The van der Waals surface area contributed by atoms with Crippen LogP contribution in [0.3, 0.4) is 0 Å². The zero-order valence-electron chi connectivity index (χ0n) is 22.1. The molecule has 2 aromatic carbocycles. The molecule has 4 rings (SSSR count). The first-order chi connectivity index (χ1) is 18.4. The highest BCUT2D eigenvalue weighted by Crippen LogP contribution is 2.33. The normalized spacial score (nSPS) is 11.4. The molecule has 0 saturated heterocycles. The zero-order valence-corrected chi connectivity index (χ0v) is 23.6. The number of aromatic nitrogens is 4. The lowest BCUT2D eigenvalue weighted by Crippen LogP contribution is -2.16. The van der Waals surface area contributed by atoms with Gasteiger partial charge in [0, 0.05) is 43.1 Å². The largest absolute Gasteiger partial charge is 0.473 e. The van der Waals surface area contributed by atoms with E-state index in [1.807, 2.05) is 0 Å². The van der Waals surface area contributed by atoms with E-state index in [1.54, 1.807) is 64.3 Å². The summed E-state index contributed by atoms with van der Waals surface area (Å²) >= 11 is 6.69. The highest BCUT2D eigenvalue weighted by molar-refractivity contribution is 7.90. The van der Waals surface area contributed by atoms with Crippen LogP contribution in [0.15, 0.2) is 53.4 Å². The van der Waals surface area contributed by atoms with Crippen molar-refractivity contribution in [2.45, 2.75) is 25.3 Å². The van der Waals surface area contributed by atoms with Crippen LogP contribution in [0.2, 0.25) is 5.02 Å². The lowest BCUT2D eigenvalue weighted by Gasteiger charge is -2.15. The Balaban J connectivity index is 1.69. The van der Waals surface area contributed by atoms with Gasteiger partial charge in [-0.1, -0.05) is 41.9 Å². The summed E-state index contributed by atoms with van der Waals surface area (Å²) in [6, 6.07) is 13.0. The Hall–Kier alpha value is -3.96. The van der Waals surface area contributed by atoms with E-state index in [0.29, 0.717) is 17.1 Å². The lowest BCUT2D eigenvalue weighted by molar-refractivity contribution is 0.0908. The van der Waals surface area contributed by atoms with Crippen molar-refractivity contribution in [2.75, 3.05) is 12.9 Å². The molecule has 0 N–H and O–H groups in total. The van der Waals surface area contributed by atoms with Gasteiger partial charge in [0.1, 0.15) is 12.2 Å². The maximum atomic E-state index is 13.8. The average Bonchev–Trinajstić information content (AvgIpc) is 3.36. The third-order valence-corrected chi connectivity index (χ3v) is 7.61. The Morgan fingerprint density at radius 3 is 2.28 bits per heavy atom. The molecule has 0 bridgehead atoms. The number of aryl methyl sites for hydroxylation is 4. The van der Waals surface area contributed by atoms with E-state index in [4.69, 9.17) is 21.1 Å². The molecule has 0 aliphatic heterocycles. The summed E-state index contributed by atoms with van der Waals surface area (Å²) in [5, 5.41) is 8.43. The molecular weight excluding hydrogens is 544 g/mol. The van der Waals surface area contributed by atoms with Crippen molar-refractivity contribution in [3.63, 3.8) is 0 Å². The van der Waals surface area contributed by atoms with E-state index in [-0.39, 0.29) is 51.5 Å². The van der Waals surface area contributed by atoms with Crippen molar-refractivity contribution >= 4 is 33.0 Å². The maximum Gasteiger partial charge on any atom is 0.223 e. The van der Waals surface area contributed by atoms with Crippen LogP contribution in [0.4, 0.5) is 0 Å². The number of hydrogen-bond donors (Lipinski definition) is 0. The maximum absolute atomic E-state index is 13.8. The minimum Gasteiger partial charge on any atom is -0.473 e. The SMILES string of the molecule is Cc1cc(OCc2c(S(C)(=O)=O)ccc(C(=O)c3c(C)nn(C)c3OCC(=O)c3ccccc3)c2Cl)n(C)n1. The van der Waals surface area contributed by atoms with Gasteiger partial charge in [0.25, 0.3) is 0 Å². The Morgan fingerprint density at radius 1 is 0.974 bits per heavy atom. The van der Waals surface area contributed by atoms with Crippen LogP contribution in [-0.4, -0.2) is 52.4 Å². The van der Waals surface area contributed by atoms with Crippen LogP contribution in [-0.2, 0) is 30.5 Å². The molecule has 0 amide bonds. The molecule has 4 aromatic rings. The first-order valence-corrected chi connectivity index (χ1v) is 14.1. The van der Waals surface area contributed by atoms with Gasteiger partial charge in [0.15, 0.2) is 22.2 Å². The number of nitrogens with zero attached hydrogens (tertiary/aromatic N) is 4. The van der Waals surface area contributed by atoms with Crippen molar-refractivity contribution in [1.29, 1.82) is 0 Å². The molecule has 0 aliphatic rings. The summed E-state index contributed by atoms with van der Waals surface area (Å²) in [5.74, 6) is -0.312. The van der Waals surface area contributed by atoms with Crippen molar-refractivity contribution < 1.29 is 27.5 Å². The van der Waals surface area contributed by atoms with Gasteiger partial charge in [-0.15, -0.1) is 0 Å². The molecule has 0 unspecified atom stereocenters. The topological polar surface area (TPSA) is 122 Å². The molecule has 2 heterocycles. The second-order valence-electron chi connectivity index (χ2n) is 9.01. The van der Waals surface area contributed by atoms with Crippen molar-refractivity contribution in [3.05, 3.63) is 87.2 Å². The van der Waals surface area contributed by atoms with Crippen molar-refractivity contribution in [3.8, 4) is 11.8 Å². The summed E-state index contributed by atoms with van der Waals surface area (Å²) in [5.41, 5.74) is 1.83. The molecule has 0 radical (unpaired) electrons. The van der Waals surface area contributed by atoms with Gasteiger partial charge < -0.3 is 9.47 Å². The van der Waals surface area contributed by atoms with Crippen molar-refractivity contribution in [2.24, 2.45) is 14.1 Å². The number of sulfone groups is 1. The summed E-state index contributed by atoms with van der Waals surface area (Å²) in [6.45, 7) is 2.90. The number of ether oxygens (including phenoxy) is 2. The number of rotatable bonds is 10. The average molecular weight is 571 g/mol. The summed E-state index contributed by atoms with van der Waals surface area (Å²) < 4.78 is 39.5. The number of carbonyl (C=O) groups is 2. The zero-order chi connectivity index (χ0) is 28.5. The van der Waals surface area contributed by atoms with Gasteiger partial charge in [-0.05, 0) is 26.0 Å². The highest BCUT2D eigenvalue weighted by Gasteiger charge is 2.28. The molecule has 0 aliphatic carbocycles. The van der Waals surface area contributed by atoms with Crippen LogP contribution >= 0.6 is 11.6 Å². The molecular formula is C27H27ClN4O6S. The van der Waals surface area contributed by atoms with E-state index in [2.05, 4.69) is 10.2 Å². The molecule has 12 heteroatoms. The van der Waals surface area contributed by atoms with E-state index in [1.165, 1.54) is 21.5 Å². The Bertz CT molecular complexity index is 1680. The number of ketones is 2. The monoisotopic (exact) mass is 570 g/mol. The predicted octanol–water partition coefficient (Wildman–Crippen LogP) is 3.90. The number of carbonyl (C=O) groups excluding carboxylic acids is 2. The first kappa shape index (κ1) is 28.1. The first-order valence-electron chi connectivity index (χ1n) is 11.8. The second kappa shape index (κ2) is 11.0. The van der Waals surface area contributed by atoms with Gasteiger partial charge in [-0.2, -0.15) is 10.2 Å². The van der Waals surface area contributed by atoms with Gasteiger partial charge >= 0.3 is 0 Å². The third kappa shape index (κ3) is 5.89. The van der Waals surface area contributed by atoms with Crippen LogP contribution in [0.5, 0.6) is 11.8 Å². The molecule has 204 valence electrons. The molecule has 0 atom stereocenters. The van der Waals surface area contributed by atoms with Gasteiger partial charge in [0.2, 0.25) is 17.5 Å². The summed E-state index contributed by atoms with van der Waals surface area (Å²) in [6.07, 6.45) is 1.05. The smallest absolute Gasteiger partial charge is 0.223 e. The Morgan fingerprint density at radius 2 is 1.67 bits per heavy atom.